The molecular weight excluding hydrogens is 321 g/mol. The average Bonchev–Trinajstić information content (AvgIpc) is 2.76. The van der Waals surface area contributed by atoms with E-state index in [0.717, 1.165) is 25.9 Å². The highest BCUT2D eigenvalue weighted by Crippen LogP contribution is 2.33. The molecule has 3 heterocycles. The summed E-state index contributed by atoms with van der Waals surface area (Å²) in [5, 5.41) is 6.89. The van der Waals surface area contributed by atoms with Gasteiger partial charge in [-0.1, -0.05) is 0 Å². The van der Waals surface area contributed by atoms with E-state index < -0.39 is 17.4 Å². The van der Waals surface area contributed by atoms with E-state index in [9.17, 15) is 18.0 Å². The molecule has 2 aromatic heterocycles. The van der Waals surface area contributed by atoms with Crippen molar-refractivity contribution in [3.8, 4) is 0 Å². The van der Waals surface area contributed by atoms with Gasteiger partial charge in [-0.3, -0.25) is 4.79 Å². The molecule has 1 aliphatic heterocycles. The molecule has 1 fully saturated rings. The summed E-state index contributed by atoms with van der Waals surface area (Å²) in [4.78, 5) is 14.2. The van der Waals surface area contributed by atoms with Crippen molar-refractivity contribution in [2.75, 3.05) is 13.1 Å². The number of nitrogens with zero attached hydrogens (tertiary/aromatic N) is 2. The van der Waals surface area contributed by atoms with Crippen LogP contribution in [-0.4, -0.2) is 27.7 Å². The van der Waals surface area contributed by atoms with Gasteiger partial charge >= 0.3 is 6.18 Å². The lowest BCUT2D eigenvalue weighted by atomic mass is 9.94. The van der Waals surface area contributed by atoms with Crippen molar-refractivity contribution >= 4 is 18.1 Å². The molecule has 0 radical (unpaired) electrons. The number of nitrogens with one attached hydrogen (secondary N) is 2. The number of rotatable bonds is 1. The molecular formula is C13H16ClF3N4O. The van der Waals surface area contributed by atoms with Gasteiger partial charge in [0.2, 0.25) is 0 Å². The molecule has 0 saturated carbocycles. The lowest BCUT2D eigenvalue weighted by Crippen LogP contribution is -2.28. The molecule has 22 heavy (non-hydrogen) atoms. The average molecular weight is 337 g/mol. The minimum Gasteiger partial charge on any atom is -0.317 e. The molecule has 1 aliphatic rings. The number of alkyl halides is 3. The molecule has 2 aromatic rings. The Morgan fingerprint density at radius 1 is 1.32 bits per heavy atom. The zero-order chi connectivity index (χ0) is 15.2. The van der Waals surface area contributed by atoms with Crippen molar-refractivity contribution < 1.29 is 13.2 Å². The predicted octanol–water partition coefficient (Wildman–Crippen LogP) is 2.24. The van der Waals surface area contributed by atoms with E-state index >= 15 is 0 Å². The Kier molecular flexibility index (Phi) is 4.53. The molecule has 0 unspecified atom stereocenters. The zero-order valence-electron chi connectivity index (χ0n) is 11.8. The topological polar surface area (TPSA) is 62.2 Å². The van der Waals surface area contributed by atoms with E-state index in [1.165, 1.54) is 17.5 Å². The van der Waals surface area contributed by atoms with Crippen molar-refractivity contribution in [2.24, 2.45) is 0 Å². The molecule has 0 aliphatic carbocycles. The summed E-state index contributed by atoms with van der Waals surface area (Å²) in [6.07, 6.45) is -2.98. The second-order valence-electron chi connectivity index (χ2n) is 5.31. The van der Waals surface area contributed by atoms with Crippen LogP contribution in [0.15, 0.2) is 10.9 Å². The quantitative estimate of drug-likeness (QED) is 0.839. The zero-order valence-corrected chi connectivity index (χ0v) is 12.6. The number of aromatic nitrogens is 3. The molecule has 9 heteroatoms. The summed E-state index contributed by atoms with van der Waals surface area (Å²) in [7, 11) is 0. The van der Waals surface area contributed by atoms with Gasteiger partial charge in [0.15, 0.2) is 5.69 Å². The van der Waals surface area contributed by atoms with Crippen LogP contribution >= 0.6 is 12.4 Å². The fourth-order valence-corrected chi connectivity index (χ4v) is 2.86. The number of aromatic amines is 1. The third kappa shape index (κ3) is 2.85. The van der Waals surface area contributed by atoms with E-state index in [-0.39, 0.29) is 29.5 Å². The Hall–Kier alpha value is -1.54. The Morgan fingerprint density at radius 2 is 1.95 bits per heavy atom. The van der Waals surface area contributed by atoms with E-state index in [1.54, 1.807) is 0 Å². The first-order chi connectivity index (χ1) is 9.88. The second-order valence-corrected chi connectivity index (χ2v) is 5.31. The smallest absolute Gasteiger partial charge is 0.317 e. The maximum Gasteiger partial charge on any atom is 0.435 e. The summed E-state index contributed by atoms with van der Waals surface area (Å²) in [6, 6.07) is 1.36. The van der Waals surface area contributed by atoms with Crippen LogP contribution in [0.5, 0.6) is 0 Å². The Labute approximate surface area is 130 Å². The Morgan fingerprint density at radius 3 is 2.55 bits per heavy atom. The molecule has 0 atom stereocenters. The van der Waals surface area contributed by atoms with Crippen LogP contribution in [-0.2, 0) is 6.18 Å². The van der Waals surface area contributed by atoms with E-state index in [4.69, 9.17) is 0 Å². The first-order valence-electron chi connectivity index (χ1n) is 6.78. The van der Waals surface area contributed by atoms with Crippen molar-refractivity contribution in [2.45, 2.75) is 31.9 Å². The summed E-state index contributed by atoms with van der Waals surface area (Å²) >= 11 is 0. The fraction of sp³-hybridized carbons (Fsp3) is 0.538. The van der Waals surface area contributed by atoms with Crippen LogP contribution in [0.3, 0.4) is 0 Å². The van der Waals surface area contributed by atoms with Crippen LogP contribution in [0.4, 0.5) is 13.2 Å². The molecule has 5 nitrogen and oxygen atoms in total. The Balaban J connectivity index is 0.00000176. The Bertz CT molecular complexity index is 731. The number of aryl methyl sites for hydroxylation is 1. The highest BCUT2D eigenvalue weighted by molar-refractivity contribution is 5.85. The van der Waals surface area contributed by atoms with Gasteiger partial charge in [0.05, 0.1) is 5.69 Å². The molecule has 0 aromatic carbocycles. The second kappa shape index (κ2) is 5.92. The number of fused-ring (bicyclic) bond motifs is 1. The van der Waals surface area contributed by atoms with Gasteiger partial charge in [0.1, 0.15) is 5.65 Å². The van der Waals surface area contributed by atoms with Gasteiger partial charge in [-0.15, -0.1) is 12.4 Å². The van der Waals surface area contributed by atoms with Gasteiger partial charge in [-0.25, -0.2) is 4.52 Å². The fourth-order valence-electron chi connectivity index (χ4n) is 2.86. The first-order valence-corrected chi connectivity index (χ1v) is 6.78. The summed E-state index contributed by atoms with van der Waals surface area (Å²) in [6.45, 7) is 2.89. The van der Waals surface area contributed by atoms with Crippen molar-refractivity contribution in [1.82, 2.24) is 19.9 Å². The standard InChI is InChI=1S/C13H15F3N4O.ClH/c1-7-11(13(14,15)16)19-20-9(6-10(21)18-12(7)20)8-2-4-17-5-3-8;/h6,8,17H,2-5H2,1H3,(H,18,21);1H. The number of hydrogen-bond acceptors (Lipinski definition) is 3. The van der Waals surface area contributed by atoms with Crippen LogP contribution in [0.2, 0.25) is 0 Å². The number of halogens is 4. The SMILES string of the molecule is Cc1c(C(F)(F)F)nn2c(C3CCNCC3)cc(=O)[nH]c12.Cl. The summed E-state index contributed by atoms with van der Waals surface area (Å²) < 4.78 is 40.2. The van der Waals surface area contributed by atoms with Crippen molar-refractivity contribution in [3.63, 3.8) is 0 Å². The maximum absolute atomic E-state index is 13.0. The minimum absolute atomic E-state index is 0. The number of piperidine rings is 1. The highest BCUT2D eigenvalue weighted by Gasteiger charge is 2.37. The third-order valence-electron chi connectivity index (χ3n) is 3.91. The first kappa shape index (κ1) is 16.8. The summed E-state index contributed by atoms with van der Waals surface area (Å²) in [5.74, 6) is 0.0384. The van der Waals surface area contributed by atoms with Crippen LogP contribution in [0.25, 0.3) is 5.65 Å². The molecule has 1 saturated heterocycles. The van der Waals surface area contributed by atoms with Gasteiger partial charge in [0.25, 0.3) is 5.56 Å². The van der Waals surface area contributed by atoms with Gasteiger partial charge < -0.3 is 10.3 Å². The largest absolute Gasteiger partial charge is 0.435 e. The molecule has 0 bridgehead atoms. The normalized spacial score (nSPS) is 16.7. The van der Waals surface area contributed by atoms with E-state index in [0.29, 0.717) is 5.69 Å². The lowest BCUT2D eigenvalue weighted by molar-refractivity contribution is -0.141. The minimum atomic E-state index is -4.53. The van der Waals surface area contributed by atoms with Crippen LogP contribution in [0, 0.1) is 6.92 Å². The monoisotopic (exact) mass is 336 g/mol. The van der Waals surface area contributed by atoms with Gasteiger partial charge in [-0.05, 0) is 32.9 Å². The lowest BCUT2D eigenvalue weighted by Gasteiger charge is -2.23. The predicted molar refractivity (Wildman–Crippen MR) is 77.6 cm³/mol. The maximum atomic E-state index is 13.0. The number of hydrogen-bond donors (Lipinski definition) is 2. The molecule has 3 rings (SSSR count). The third-order valence-corrected chi connectivity index (χ3v) is 3.91. The molecule has 0 amide bonds. The van der Waals surface area contributed by atoms with Gasteiger partial charge in [0, 0.05) is 17.5 Å². The van der Waals surface area contributed by atoms with Gasteiger partial charge in [-0.2, -0.15) is 18.3 Å². The van der Waals surface area contributed by atoms with Crippen LogP contribution < -0.4 is 10.9 Å². The number of H-pyrrole nitrogens is 1. The van der Waals surface area contributed by atoms with Crippen LogP contribution in [0.1, 0.15) is 35.7 Å². The van der Waals surface area contributed by atoms with Crippen molar-refractivity contribution in [3.05, 3.63) is 33.4 Å². The summed E-state index contributed by atoms with van der Waals surface area (Å²) in [5.41, 5.74) is -0.708. The van der Waals surface area contributed by atoms with Crippen molar-refractivity contribution in [1.29, 1.82) is 0 Å². The molecule has 0 spiro atoms. The van der Waals surface area contributed by atoms with E-state index in [2.05, 4.69) is 15.4 Å². The van der Waals surface area contributed by atoms with E-state index in [1.807, 2.05) is 0 Å². The highest BCUT2D eigenvalue weighted by atomic mass is 35.5. The molecule has 122 valence electrons. The molecule has 2 N–H and O–H groups in total.